The lowest BCUT2D eigenvalue weighted by Gasteiger charge is -2.10. The Morgan fingerprint density at radius 2 is 0.538 bits per heavy atom. The van der Waals surface area contributed by atoms with E-state index in [2.05, 4.69) is 9.80 Å². The molecule has 0 radical (unpaired) electrons. The van der Waals surface area contributed by atoms with Crippen LogP contribution in [0.25, 0.3) is 0 Å². The van der Waals surface area contributed by atoms with Gasteiger partial charge < -0.3 is 38.2 Å². The van der Waals surface area contributed by atoms with Crippen LogP contribution < -0.4 is 0 Å². The molecule has 0 unspecified atom stereocenters. The molecule has 158 valence electrons. The van der Waals surface area contributed by atoms with Gasteiger partial charge in [-0.2, -0.15) is 0 Å². The highest BCUT2D eigenvalue weighted by atomic mass is 16.6. The van der Waals surface area contributed by atoms with Gasteiger partial charge in [-0.25, -0.2) is 0 Å². The fourth-order valence-corrected chi connectivity index (χ4v) is 1.70. The summed E-state index contributed by atoms with van der Waals surface area (Å²) >= 11 is 0. The van der Waals surface area contributed by atoms with Gasteiger partial charge in [-0.3, -0.25) is 0 Å². The van der Waals surface area contributed by atoms with E-state index in [9.17, 15) is 0 Å². The molecule has 0 aromatic carbocycles. The molecule has 0 aromatic rings. The Morgan fingerprint density at radius 1 is 0.346 bits per heavy atom. The molecule has 0 aliphatic heterocycles. The van der Waals surface area contributed by atoms with Gasteiger partial charge in [0.2, 0.25) is 0 Å². The molecule has 0 heterocycles. The molecule has 0 amide bonds. The zero-order valence-electron chi connectivity index (χ0n) is 17.2. The number of hydrogen-bond donors (Lipinski definition) is 0. The van der Waals surface area contributed by atoms with E-state index in [1.807, 2.05) is 28.2 Å². The molecule has 0 saturated carbocycles. The van der Waals surface area contributed by atoms with Crippen molar-refractivity contribution in [2.24, 2.45) is 0 Å². The van der Waals surface area contributed by atoms with Crippen molar-refractivity contribution in [2.45, 2.75) is 0 Å². The Morgan fingerprint density at radius 3 is 0.731 bits per heavy atom. The molecule has 0 bridgehead atoms. The standard InChI is InChI=1S/C18H40N2O6/c1-19(2)5-7-21-9-11-23-13-15-25-17-18-26-16-14-24-12-10-22-8-6-20(3)4/h5-18H2,1-4H3. The fourth-order valence-electron chi connectivity index (χ4n) is 1.70. The Labute approximate surface area is 159 Å². The molecule has 0 saturated heterocycles. The van der Waals surface area contributed by atoms with Gasteiger partial charge in [0.15, 0.2) is 0 Å². The molecule has 0 N–H and O–H groups in total. The first kappa shape index (κ1) is 25.7. The van der Waals surface area contributed by atoms with Gasteiger partial charge in [-0.05, 0) is 28.2 Å². The molecule has 8 nitrogen and oxygen atoms in total. The van der Waals surface area contributed by atoms with Crippen LogP contribution >= 0.6 is 0 Å². The van der Waals surface area contributed by atoms with Crippen LogP contribution in [0.3, 0.4) is 0 Å². The summed E-state index contributed by atoms with van der Waals surface area (Å²) in [5.41, 5.74) is 0. The lowest BCUT2D eigenvalue weighted by atomic mass is 10.6. The molecular weight excluding hydrogens is 340 g/mol. The van der Waals surface area contributed by atoms with E-state index in [1.54, 1.807) is 0 Å². The predicted octanol–water partition coefficient (Wildman–Crippen LogP) is 0.209. The molecule has 0 rings (SSSR count). The SMILES string of the molecule is CN(C)CCOCCOCCOCCOCCOCCOCCN(C)C. The Balaban J connectivity index is 2.99. The maximum Gasteiger partial charge on any atom is 0.0701 e. The van der Waals surface area contributed by atoms with E-state index in [1.165, 1.54) is 0 Å². The van der Waals surface area contributed by atoms with Gasteiger partial charge in [-0.1, -0.05) is 0 Å². The third-order valence-electron chi connectivity index (χ3n) is 3.23. The van der Waals surface area contributed by atoms with Crippen LogP contribution in [0.2, 0.25) is 0 Å². The van der Waals surface area contributed by atoms with Crippen LogP contribution in [-0.2, 0) is 28.4 Å². The van der Waals surface area contributed by atoms with Gasteiger partial charge in [0.05, 0.1) is 79.3 Å². The molecular formula is C18H40N2O6. The minimum Gasteiger partial charge on any atom is -0.378 e. The fraction of sp³-hybridized carbons (Fsp3) is 1.00. The van der Waals surface area contributed by atoms with Gasteiger partial charge in [0, 0.05) is 13.1 Å². The van der Waals surface area contributed by atoms with Crippen molar-refractivity contribution in [1.82, 2.24) is 9.80 Å². The average Bonchev–Trinajstić information content (AvgIpc) is 2.59. The van der Waals surface area contributed by atoms with Crippen molar-refractivity contribution >= 4 is 0 Å². The first-order chi connectivity index (χ1) is 12.6. The van der Waals surface area contributed by atoms with E-state index >= 15 is 0 Å². The second-order valence-electron chi connectivity index (χ2n) is 6.28. The van der Waals surface area contributed by atoms with Crippen LogP contribution in [0.15, 0.2) is 0 Å². The van der Waals surface area contributed by atoms with Crippen LogP contribution in [0.1, 0.15) is 0 Å². The zero-order chi connectivity index (χ0) is 19.3. The maximum absolute atomic E-state index is 5.42. The lowest BCUT2D eigenvalue weighted by molar-refractivity contribution is -0.0175. The lowest BCUT2D eigenvalue weighted by Crippen LogP contribution is -2.19. The van der Waals surface area contributed by atoms with Crippen molar-refractivity contribution in [1.29, 1.82) is 0 Å². The molecule has 0 atom stereocenters. The maximum atomic E-state index is 5.42. The quantitative estimate of drug-likeness (QED) is 0.262. The summed E-state index contributed by atoms with van der Waals surface area (Å²) in [5.74, 6) is 0. The van der Waals surface area contributed by atoms with E-state index in [4.69, 9.17) is 28.4 Å². The summed E-state index contributed by atoms with van der Waals surface area (Å²) < 4.78 is 32.5. The molecule has 0 aliphatic rings. The highest BCUT2D eigenvalue weighted by molar-refractivity contribution is 4.41. The highest BCUT2D eigenvalue weighted by Crippen LogP contribution is 1.85. The molecule has 0 spiro atoms. The number of hydrogen-bond acceptors (Lipinski definition) is 8. The van der Waals surface area contributed by atoms with Crippen LogP contribution in [-0.4, -0.2) is 130 Å². The zero-order valence-corrected chi connectivity index (χ0v) is 17.2. The van der Waals surface area contributed by atoms with E-state index < -0.39 is 0 Å². The van der Waals surface area contributed by atoms with Crippen LogP contribution in [0.5, 0.6) is 0 Å². The van der Waals surface area contributed by atoms with E-state index in [0.717, 1.165) is 26.3 Å². The second kappa shape index (κ2) is 21.0. The Bertz CT molecular complexity index is 244. The average molecular weight is 381 g/mol. The van der Waals surface area contributed by atoms with Crippen molar-refractivity contribution < 1.29 is 28.4 Å². The summed E-state index contributed by atoms with van der Waals surface area (Å²) in [6, 6.07) is 0. The van der Waals surface area contributed by atoms with E-state index in [-0.39, 0.29) is 0 Å². The molecule has 0 fully saturated rings. The highest BCUT2D eigenvalue weighted by Gasteiger charge is 1.95. The molecule has 0 aliphatic carbocycles. The third kappa shape index (κ3) is 23.7. The first-order valence-corrected chi connectivity index (χ1v) is 9.39. The van der Waals surface area contributed by atoms with Crippen LogP contribution in [0, 0.1) is 0 Å². The van der Waals surface area contributed by atoms with Crippen molar-refractivity contribution in [3.8, 4) is 0 Å². The Kier molecular flexibility index (Phi) is 20.7. The van der Waals surface area contributed by atoms with Crippen LogP contribution in [0.4, 0.5) is 0 Å². The summed E-state index contributed by atoms with van der Waals surface area (Å²) in [6.45, 7) is 9.20. The normalized spacial score (nSPS) is 11.8. The summed E-state index contributed by atoms with van der Waals surface area (Å²) in [5, 5.41) is 0. The predicted molar refractivity (Wildman–Crippen MR) is 102 cm³/mol. The smallest absolute Gasteiger partial charge is 0.0701 e. The monoisotopic (exact) mass is 380 g/mol. The number of rotatable bonds is 21. The van der Waals surface area contributed by atoms with Crippen molar-refractivity contribution in [3.05, 3.63) is 0 Å². The third-order valence-corrected chi connectivity index (χ3v) is 3.23. The minimum absolute atomic E-state index is 0.566. The second-order valence-corrected chi connectivity index (χ2v) is 6.28. The van der Waals surface area contributed by atoms with Gasteiger partial charge in [0.25, 0.3) is 0 Å². The molecule has 26 heavy (non-hydrogen) atoms. The first-order valence-electron chi connectivity index (χ1n) is 9.39. The largest absolute Gasteiger partial charge is 0.378 e. The summed E-state index contributed by atoms with van der Waals surface area (Å²) in [4.78, 5) is 4.18. The molecule has 0 aromatic heterocycles. The number of ether oxygens (including phenoxy) is 6. The summed E-state index contributed by atoms with van der Waals surface area (Å²) in [6.07, 6.45) is 0. The van der Waals surface area contributed by atoms with Crippen molar-refractivity contribution in [3.63, 3.8) is 0 Å². The number of nitrogens with zero attached hydrogens (tertiary/aromatic N) is 2. The molecule has 8 heteroatoms. The van der Waals surface area contributed by atoms with Gasteiger partial charge >= 0.3 is 0 Å². The minimum atomic E-state index is 0.566. The van der Waals surface area contributed by atoms with Gasteiger partial charge in [0.1, 0.15) is 0 Å². The van der Waals surface area contributed by atoms with E-state index in [0.29, 0.717) is 66.1 Å². The topological polar surface area (TPSA) is 61.9 Å². The number of likely N-dealkylation sites (N-methyl/N-ethyl adjacent to an activating group) is 2. The van der Waals surface area contributed by atoms with Gasteiger partial charge in [-0.15, -0.1) is 0 Å². The van der Waals surface area contributed by atoms with Crippen molar-refractivity contribution in [2.75, 3.05) is 121 Å². The Hall–Kier alpha value is -0.320. The summed E-state index contributed by atoms with van der Waals surface area (Å²) in [7, 11) is 8.10.